The van der Waals surface area contributed by atoms with Gasteiger partial charge in [-0.05, 0) is 28.8 Å². The lowest BCUT2D eigenvalue weighted by Crippen LogP contribution is -2.48. The van der Waals surface area contributed by atoms with Gasteiger partial charge in [0.2, 0.25) is 15.9 Å². The fourth-order valence-corrected chi connectivity index (χ4v) is 4.99. The molecule has 3 aromatic carbocycles. The van der Waals surface area contributed by atoms with Crippen LogP contribution in [0.5, 0.6) is 0 Å². The van der Waals surface area contributed by atoms with Gasteiger partial charge in [0.25, 0.3) is 0 Å². The Morgan fingerprint density at radius 1 is 0.829 bits per heavy atom. The van der Waals surface area contributed by atoms with Crippen molar-refractivity contribution in [1.29, 1.82) is 0 Å². The van der Waals surface area contributed by atoms with Gasteiger partial charge >= 0.3 is 0 Å². The average Bonchev–Trinajstić information content (AvgIpc) is 2.88. The number of primary sulfonamides is 1. The number of nitrogens with zero attached hydrogens (tertiary/aromatic N) is 2. The van der Waals surface area contributed by atoms with Crippen LogP contribution in [0.3, 0.4) is 0 Å². The van der Waals surface area contributed by atoms with Gasteiger partial charge in [-0.15, -0.1) is 0 Å². The van der Waals surface area contributed by atoms with Gasteiger partial charge in [-0.2, -0.15) is 0 Å². The lowest BCUT2D eigenvalue weighted by Gasteiger charge is -2.39. The maximum atomic E-state index is 12.4. The molecular formula is C27H32N4O3S. The molecule has 0 bridgehead atoms. The molecular weight excluding hydrogens is 460 g/mol. The fourth-order valence-electron chi connectivity index (χ4n) is 4.48. The minimum Gasteiger partial charge on any atom is -0.352 e. The first kappa shape index (κ1) is 25.1. The number of piperazine rings is 1. The predicted octanol–water partition coefficient (Wildman–Crippen LogP) is 2.75. The molecule has 8 heteroatoms. The number of carbonyl (C=O) groups is 1. The normalized spacial score (nSPS) is 15.3. The summed E-state index contributed by atoms with van der Waals surface area (Å²) in [4.78, 5) is 17.3. The first-order chi connectivity index (χ1) is 16.9. The number of carbonyl (C=O) groups excluding carboxylic acids is 1. The number of amides is 1. The minimum atomic E-state index is -3.71. The molecule has 1 fully saturated rings. The Balaban J connectivity index is 1.25. The molecule has 4 rings (SSSR count). The quantitative estimate of drug-likeness (QED) is 0.479. The minimum absolute atomic E-state index is 0.0191. The Labute approximate surface area is 207 Å². The molecule has 0 spiro atoms. The van der Waals surface area contributed by atoms with Gasteiger partial charge < -0.3 is 10.2 Å². The molecule has 0 saturated carbocycles. The van der Waals surface area contributed by atoms with E-state index in [0.717, 1.165) is 31.7 Å². The van der Waals surface area contributed by atoms with Crippen LogP contribution in [-0.2, 0) is 21.4 Å². The Morgan fingerprint density at radius 2 is 1.37 bits per heavy atom. The van der Waals surface area contributed by atoms with Crippen molar-refractivity contribution in [3.05, 3.63) is 102 Å². The fraction of sp³-hybridized carbons (Fsp3) is 0.296. The van der Waals surface area contributed by atoms with Gasteiger partial charge in [-0.3, -0.25) is 9.69 Å². The molecule has 0 atom stereocenters. The molecule has 184 valence electrons. The van der Waals surface area contributed by atoms with E-state index in [4.69, 9.17) is 5.14 Å². The van der Waals surface area contributed by atoms with Crippen LogP contribution < -0.4 is 10.5 Å². The maximum Gasteiger partial charge on any atom is 0.238 e. The van der Waals surface area contributed by atoms with Crippen molar-refractivity contribution < 1.29 is 13.2 Å². The average molecular weight is 493 g/mol. The summed E-state index contributed by atoms with van der Waals surface area (Å²) in [6.07, 6.45) is 0.427. The van der Waals surface area contributed by atoms with Crippen molar-refractivity contribution in [2.24, 2.45) is 5.14 Å². The topological polar surface area (TPSA) is 95.7 Å². The number of nitrogens with two attached hydrogens (primary N) is 1. The molecule has 1 aliphatic rings. The van der Waals surface area contributed by atoms with Crippen molar-refractivity contribution in [1.82, 2.24) is 15.1 Å². The largest absolute Gasteiger partial charge is 0.352 e. The van der Waals surface area contributed by atoms with Gasteiger partial charge in [-0.1, -0.05) is 72.8 Å². The Morgan fingerprint density at radius 3 is 1.89 bits per heavy atom. The second-order valence-electron chi connectivity index (χ2n) is 8.82. The first-order valence-corrected chi connectivity index (χ1v) is 13.4. The lowest BCUT2D eigenvalue weighted by molar-refractivity contribution is -0.121. The summed E-state index contributed by atoms with van der Waals surface area (Å²) in [5.41, 5.74) is 3.42. The molecule has 1 aliphatic heterocycles. The molecule has 0 radical (unpaired) electrons. The van der Waals surface area contributed by atoms with Gasteiger partial charge in [0, 0.05) is 45.7 Å². The van der Waals surface area contributed by atoms with E-state index >= 15 is 0 Å². The first-order valence-electron chi connectivity index (χ1n) is 11.8. The summed E-state index contributed by atoms with van der Waals surface area (Å²) in [6.45, 7) is 4.77. The van der Waals surface area contributed by atoms with Gasteiger partial charge in [-0.25, -0.2) is 13.6 Å². The lowest BCUT2D eigenvalue weighted by atomic mass is 9.96. The zero-order valence-electron chi connectivity index (χ0n) is 19.7. The number of rotatable bonds is 9. The third kappa shape index (κ3) is 6.99. The van der Waals surface area contributed by atoms with E-state index in [-0.39, 0.29) is 16.8 Å². The highest BCUT2D eigenvalue weighted by Crippen LogP contribution is 2.29. The highest BCUT2D eigenvalue weighted by molar-refractivity contribution is 7.89. The molecule has 3 aromatic rings. The Kier molecular flexibility index (Phi) is 8.30. The highest BCUT2D eigenvalue weighted by Gasteiger charge is 2.26. The number of sulfonamides is 1. The zero-order valence-corrected chi connectivity index (χ0v) is 20.5. The highest BCUT2D eigenvalue weighted by atomic mass is 32.2. The SMILES string of the molecule is NS(=O)(=O)c1ccc(CNC(=O)CCN2CCN(C(c3ccccc3)c3ccccc3)CC2)cc1. The molecule has 0 aliphatic carbocycles. The van der Waals surface area contributed by atoms with Crippen LogP contribution >= 0.6 is 0 Å². The molecule has 3 N–H and O–H groups in total. The standard InChI is InChI=1S/C27H32N4O3S/c28-35(33,34)25-13-11-22(12-14-25)21-29-26(32)15-16-30-17-19-31(20-18-30)27(23-7-3-1-4-8-23)24-9-5-2-6-10-24/h1-14,27H,15-21H2,(H,29,32)(H2,28,33,34). The monoisotopic (exact) mass is 492 g/mol. The van der Waals surface area contributed by atoms with Crippen molar-refractivity contribution in [2.45, 2.75) is 23.9 Å². The van der Waals surface area contributed by atoms with Crippen molar-refractivity contribution in [2.75, 3.05) is 32.7 Å². The molecule has 1 heterocycles. The van der Waals surface area contributed by atoms with Crippen molar-refractivity contribution >= 4 is 15.9 Å². The zero-order chi connectivity index (χ0) is 24.7. The second kappa shape index (κ2) is 11.6. The van der Waals surface area contributed by atoms with E-state index in [1.165, 1.54) is 23.3 Å². The molecule has 0 unspecified atom stereocenters. The third-order valence-corrected chi connectivity index (χ3v) is 7.33. The van der Waals surface area contributed by atoms with Gasteiger partial charge in [0.05, 0.1) is 10.9 Å². The summed E-state index contributed by atoms with van der Waals surface area (Å²) in [6, 6.07) is 27.7. The molecule has 0 aromatic heterocycles. The van der Waals surface area contributed by atoms with E-state index in [0.29, 0.717) is 19.5 Å². The maximum absolute atomic E-state index is 12.4. The van der Waals surface area contributed by atoms with Crippen LogP contribution in [0.4, 0.5) is 0 Å². The van der Waals surface area contributed by atoms with Crippen LogP contribution in [0, 0.1) is 0 Å². The van der Waals surface area contributed by atoms with Crippen LogP contribution in [0.25, 0.3) is 0 Å². The van der Waals surface area contributed by atoms with E-state index < -0.39 is 10.0 Å². The third-order valence-electron chi connectivity index (χ3n) is 6.40. The smallest absolute Gasteiger partial charge is 0.238 e. The van der Waals surface area contributed by atoms with Crippen LogP contribution in [0.15, 0.2) is 89.8 Å². The summed E-state index contributed by atoms with van der Waals surface area (Å²) in [7, 11) is -3.71. The Bertz CT molecular complexity index is 1150. The number of nitrogens with one attached hydrogen (secondary N) is 1. The van der Waals surface area contributed by atoms with E-state index in [2.05, 4.69) is 63.6 Å². The van der Waals surface area contributed by atoms with E-state index in [9.17, 15) is 13.2 Å². The van der Waals surface area contributed by atoms with E-state index in [1.807, 2.05) is 12.1 Å². The van der Waals surface area contributed by atoms with Crippen LogP contribution in [0.2, 0.25) is 0 Å². The number of hydrogen-bond acceptors (Lipinski definition) is 5. The summed E-state index contributed by atoms with van der Waals surface area (Å²) >= 11 is 0. The molecule has 35 heavy (non-hydrogen) atoms. The molecule has 1 amide bonds. The van der Waals surface area contributed by atoms with Gasteiger partial charge in [0.15, 0.2) is 0 Å². The molecule has 1 saturated heterocycles. The van der Waals surface area contributed by atoms with Crippen molar-refractivity contribution in [3.63, 3.8) is 0 Å². The summed E-state index contributed by atoms with van der Waals surface area (Å²) < 4.78 is 22.7. The Hall–Kier alpha value is -3.04. The molecule has 7 nitrogen and oxygen atoms in total. The van der Waals surface area contributed by atoms with Crippen molar-refractivity contribution in [3.8, 4) is 0 Å². The van der Waals surface area contributed by atoms with Crippen LogP contribution in [0.1, 0.15) is 29.2 Å². The predicted molar refractivity (Wildman–Crippen MR) is 137 cm³/mol. The number of benzene rings is 3. The summed E-state index contributed by atoms with van der Waals surface area (Å²) in [5, 5.41) is 8.03. The van der Waals surface area contributed by atoms with Crippen LogP contribution in [-0.4, -0.2) is 56.8 Å². The van der Waals surface area contributed by atoms with E-state index in [1.54, 1.807) is 12.1 Å². The number of hydrogen-bond donors (Lipinski definition) is 2. The van der Waals surface area contributed by atoms with Gasteiger partial charge in [0.1, 0.15) is 0 Å². The second-order valence-corrected chi connectivity index (χ2v) is 10.4. The summed E-state index contributed by atoms with van der Waals surface area (Å²) in [5.74, 6) is -0.0191.